The highest BCUT2D eigenvalue weighted by Crippen LogP contribution is 2.44. The molecular formula is C19H23BrN6O. The van der Waals surface area contributed by atoms with E-state index in [9.17, 15) is 0 Å². The van der Waals surface area contributed by atoms with Gasteiger partial charge in [-0.1, -0.05) is 32.9 Å². The number of benzene rings is 2. The fourth-order valence-corrected chi connectivity index (χ4v) is 3.81. The van der Waals surface area contributed by atoms with Crippen molar-refractivity contribution in [1.82, 2.24) is 15.4 Å². The first-order valence-electron chi connectivity index (χ1n) is 8.88. The highest BCUT2D eigenvalue weighted by atomic mass is 79.9. The maximum atomic E-state index is 4.85. The minimum absolute atomic E-state index is 0.186. The molecule has 27 heavy (non-hydrogen) atoms. The Bertz CT molecular complexity index is 980. The second-order valence-corrected chi connectivity index (χ2v) is 8.77. The van der Waals surface area contributed by atoms with Gasteiger partial charge < -0.3 is 5.32 Å². The van der Waals surface area contributed by atoms with Crippen LogP contribution in [0.5, 0.6) is 0 Å². The number of hydrazine groups is 2. The number of aromatic nitrogens is 2. The van der Waals surface area contributed by atoms with Gasteiger partial charge in [-0.05, 0) is 49.9 Å². The number of anilines is 3. The quantitative estimate of drug-likeness (QED) is 0.624. The van der Waals surface area contributed by atoms with Crippen LogP contribution >= 0.6 is 15.9 Å². The molecule has 4 rings (SSSR count). The van der Waals surface area contributed by atoms with Crippen molar-refractivity contribution < 1.29 is 4.63 Å². The molecule has 0 saturated heterocycles. The van der Waals surface area contributed by atoms with Crippen LogP contribution in [0.15, 0.2) is 39.4 Å². The van der Waals surface area contributed by atoms with E-state index in [1.807, 2.05) is 30.4 Å². The lowest BCUT2D eigenvalue weighted by molar-refractivity contribution is 0.306. The van der Waals surface area contributed by atoms with E-state index in [2.05, 4.69) is 74.9 Å². The van der Waals surface area contributed by atoms with E-state index in [1.54, 1.807) is 0 Å². The zero-order chi connectivity index (χ0) is 19.2. The maximum absolute atomic E-state index is 4.85. The van der Waals surface area contributed by atoms with Crippen LogP contribution in [0.2, 0.25) is 0 Å². The Morgan fingerprint density at radius 1 is 1.19 bits per heavy atom. The average molecular weight is 431 g/mol. The second-order valence-electron chi connectivity index (χ2n) is 7.98. The first kappa shape index (κ1) is 18.1. The lowest BCUT2D eigenvalue weighted by Gasteiger charge is -2.32. The van der Waals surface area contributed by atoms with Crippen LogP contribution in [-0.4, -0.2) is 29.0 Å². The van der Waals surface area contributed by atoms with E-state index in [4.69, 9.17) is 4.63 Å². The van der Waals surface area contributed by atoms with E-state index >= 15 is 0 Å². The topological polar surface area (TPSA) is 69.5 Å². The predicted molar refractivity (Wildman–Crippen MR) is 111 cm³/mol. The van der Waals surface area contributed by atoms with Gasteiger partial charge >= 0.3 is 0 Å². The molecule has 1 aliphatic rings. The number of nitrogens with one attached hydrogen (secondary N) is 2. The molecule has 0 saturated carbocycles. The zero-order valence-electron chi connectivity index (χ0n) is 15.9. The number of halogens is 1. The molecule has 0 fully saturated rings. The Hall–Kier alpha value is -2.32. The first-order chi connectivity index (χ1) is 12.8. The van der Waals surface area contributed by atoms with Gasteiger partial charge in [0.05, 0.1) is 21.5 Å². The van der Waals surface area contributed by atoms with Crippen LogP contribution in [0.1, 0.15) is 26.3 Å². The van der Waals surface area contributed by atoms with Gasteiger partial charge in [0, 0.05) is 25.7 Å². The molecule has 1 aliphatic heterocycles. The Morgan fingerprint density at radius 3 is 2.78 bits per heavy atom. The SMILES string of the molecule is CN1Nc2c(ccc(NCc3cccc4nonc34)c2Br)N1CC(C)(C)C. The molecule has 2 heterocycles. The lowest BCUT2D eigenvalue weighted by atomic mass is 9.96. The van der Waals surface area contributed by atoms with Crippen LogP contribution in [0.4, 0.5) is 17.1 Å². The Balaban J connectivity index is 1.57. The molecule has 0 radical (unpaired) electrons. The van der Waals surface area contributed by atoms with Crippen molar-refractivity contribution in [2.45, 2.75) is 27.3 Å². The van der Waals surface area contributed by atoms with Crippen molar-refractivity contribution in [1.29, 1.82) is 0 Å². The smallest absolute Gasteiger partial charge is 0.140 e. The van der Waals surface area contributed by atoms with Crippen molar-refractivity contribution in [3.8, 4) is 0 Å². The van der Waals surface area contributed by atoms with E-state index in [0.29, 0.717) is 6.54 Å². The maximum Gasteiger partial charge on any atom is 0.140 e. The van der Waals surface area contributed by atoms with Gasteiger partial charge in [0.1, 0.15) is 11.0 Å². The molecule has 0 amide bonds. The van der Waals surface area contributed by atoms with Crippen LogP contribution in [0.25, 0.3) is 11.0 Å². The minimum Gasteiger partial charge on any atom is -0.380 e. The summed E-state index contributed by atoms with van der Waals surface area (Å²) >= 11 is 3.76. The molecule has 0 atom stereocenters. The molecule has 142 valence electrons. The molecule has 0 aliphatic carbocycles. The molecule has 0 spiro atoms. The van der Waals surface area contributed by atoms with E-state index in [0.717, 1.165) is 44.7 Å². The summed E-state index contributed by atoms with van der Waals surface area (Å²) in [6.45, 7) is 8.27. The summed E-state index contributed by atoms with van der Waals surface area (Å²) in [4.78, 5) is 0. The largest absolute Gasteiger partial charge is 0.380 e. The molecule has 2 aromatic carbocycles. The predicted octanol–water partition coefficient (Wildman–Crippen LogP) is 4.64. The summed E-state index contributed by atoms with van der Waals surface area (Å²) in [6.07, 6.45) is 0. The summed E-state index contributed by atoms with van der Waals surface area (Å²) in [5.74, 6) is 0. The lowest BCUT2D eigenvalue weighted by Crippen LogP contribution is -2.43. The molecule has 7 nitrogen and oxygen atoms in total. The normalized spacial score (nSPS) is 14.5. The van der Waals surface area contributed by atoms with E-state index in [-0.39, 0.29) is 5.41 Å². The molecule has 3 aromatic rings. The van der Waals surface area contributed by atoms with Crippen molar-refractivity contribution in [2.75, 3.05) is 29.3 Å². The number of fused-ring (bicyclic) bond motifs is 2. The molecule has 2 N–H and O–H groups in total. The standard InChI is InChI=1S/C19H23BrN6O/c1-19(2,3)11-26-15-9-8-13(16(20)18(15)22-25(26)4)21-10-12-6-5-7-14-17(12)24-27-23-14/h5-9,21-22H,10-11H2,1-4H3. The average Bonchev–Trinajstić information content (AvgIpc) is 3.19. The third kappa shape index (κ3) is 3.46. The van der Waals surface area contributed by atoms with Crippen molar-refractivity contribution >= 4 is 44.0 Å². The fraction of sp³-hybridized carbons (Fsp3) is 0.368. The van der Waals surface area contributed by atoms with Crippen LogP contribution in [-0.2, 0) is 6.54 Å². The Kier molecular flexibility index (Phi) is 4.47. The number of hydrogen-bond acceptors (Lipinski definition) is 7. The van der Waals surface area contributed by atoms with E-state index in [1.165, 1.54) is 0 Å². The zero-order valence-corrected chi connectivity index (χ0v) is 17.5. The summed E-state index contributed by atoms with van der Waals surface area (Å²) in [5, 5.41) is 15.7. The Labute approximate surface area is 166 Å². The van der Waals surface area contributed by atoms with Gasteiger partial charge in [0.25, 0.3) is 0 Å². The summed E-state index contributed by atoms with van der Waals surface area (Å²) in [5.41, 5.74) is 9.46. The second kappa shape index (κ2) is 6.69. The fourth-order valence-electron chi connectivity index (χ4n) is 3.24. The highest BCUT2D eigenvalue weighted by molar-refractivity contribution is 9.10. The molecule has 1 aromatic heterocycles. The van der Waals surface area contributed by atoms with Gasteiger partial charge in [0.2, 0.25) is 0 Å². The minimum atomic E-state index is 0.186. The summed E-state index contributed by atoms with van der Waals surface area (Å²) in [7, 11) is 2.03. The van der Waals surface area contributed by atoms with Gasteiger partial charge in [-0.2, -0.15) is 0 Å². The van der Waals surface area contributed by atoms with Gasteiger partial charge in [-0.25, -0.2) is 4.63 Å². The van der Waals surface area contributed by atoms with Crippen LogP contribution in [0, 0.1) is 5.41 Å². The van der Waals surface area contributed by atoms with Crippen molar-refractivity contribution in [3.63, 3.8) is 0 Å². The number of nitrogens with zero attached hydrogens (tertiary/aromatic N) is 4. The van der Waals surface area contributed by atoms with E-state index < -0.39 is 0 Å². The number of hydrogen-bond donors (Lipinski definition) is 2. The molecule has 0 bridgehead atoms. The molecular weight excluding hydrogens is 408 g/mol. The Morgan fingerprint density at radius 2 is 2.00 bits per heavy atom. The van der Waals surface area contributed by atoms with Gasteiger partial charge in [-0.3, -0.25) is 10.4 Å². The first-order valence-corrected chi connectivity index (χ1v) is 9.67. The van der Waals surface area contributed by atoms with Crippen LogP contribution < -0.4 is 15.8 Å². The summed E-state index contributed by atoms with van der Waals surface area (Å²) in [6, 6.07) is 10.1. The van der Waals surface area contributed by atoms with Crippen molar-refractivity contribution in [2.24, 2.45) is 5.41 Å². The third-order valence-corrected chi connectivity index (χ3v) is 5.32. The van der Waals surface area contributed by atoms with Gasteiger partial charge in [-0.15, -0.1) is 5.12 Å². The number of rotatable bonds is 4. The van der Waals surface area contributed by atoms with Crippen molar-refractivity contribution in [3.05, 3.63) is 40.4 Å². The summed E-state index contributed by atoms with van der Waals surface area (Å²) < 4.78 is 5.86. The molecule has 0 unspecified atom stereocenters. The molecule has 8 heteroatoms. The highest BCUT2D eigenvalue weighted by Gasteiger charge is 2.30. The van der Waals surface area contributed by atoms with Gasteiger partial charge in [0.15, 0.2) is 0 Å². The van der Waals surface area contributed by atoms with Crippen LogP contribution in [0.3, 0.4) is 0 Å². The third-order valence-electron chi connectivity index (χ3n) is 4.50. The monoisotopic (exact) mass is 430 g/mol.